The highest BCUT2D eigenvalue weighted by atomic mass is 35.5. The summed E-state index contributed by atoms with van der Waals surface area (Å²) in [6, 6.07) is 9.49. The van der Waals surface area contributed by atoms with Gasteiger partial charge in [-0.3, -0.25) is 4.79 Å². The monoisotopic (exact) mass is 360 g/mol. The number of fused-ring (bicyclic) bond motifs is 1. The third kappa shape index (κ3) is 3.20. The first-order valence-corrected chi connectivity index (χ1v) is 8.13. The molecule has 0 spiro atoms. The summed E-state index contributed by atoms with van der Waals surface area (Å²) in [4.78, 5) is 15.9. The molecule has 0 bridgehead atoms. The van der Waals surface area contributed by atoms with Crippen molar-refractivity contribution in [2.45, 2.75) is 19.3 Å². The molecule has 6 heteroatoms. The summed E-state index contributed by atoms with van der Waals surface area (Å²) < 4.78 is 18.7. The quantitative estimate of drug-likeness (QED) is 0.696. The van der Waals surface area contributed by atoms with Crippen molar-refractivity contribution in [3.05, 3.63) is 59.0 Å². The number of H-pyrrole nitrogens is 1. The molecular formula is C19H18ClFN2O2. The molecule has 0 aliphatic heterocycles. The van der Waals surface area contributed by atoms with E-state index in [0.29, 0.717) is 22.0 Å². The number of hydrogen-bond acceptors (Lipinski definition) is 2. The van der Waals surface area contributed by atoms with E-state index >= 15 is 0 Å². The third-order valence-corrected chi connectivity index (χ3v) is 4.53. The average molecular weight is 361 g/mol. The molecule has 0 aliphatic carbocycles. The zero-order valence-corrected chi connectivity index (χ0v) is 14.9. The van der Waals surface area contributed by atoms with Crippen molar-refractivity contribution < 1.29 is 13.9 Å². The molecule has 0 atom stereocenters. The molecule has 2 N–H and O–H groups in total. The molecular weight excluding hydrogens is 343 g/mol. The molecule has 4 nitrogen and oxygen atoms in total. The SMILES string of the molecule is COc1ccc(Cl)cc1NC(=O)C(C)(C)c1c[nH]c2cc(F)ccc12. The van der Waals surface area contributed by atoms with Crippen LogP contribution in [0.3, 0.4) is 0 Å². The van der Waals surface area contributed by atoms with Crippen molar-refractivity contribution in [2.75, 3.05) is 12.4 Å². The lowest BCUT2D eigenvalue weighted by Gasteiger charge is -2.24. The number of carbonyl (C=O) groups is 1. The highest BCUT2D eigenvalue weighted by molar-refractivity contribution is 6.31. The number of amides is 1. The fourth-order valence-electron chi connectivity index (χ4n) is 2.79. The Morgan fingerprint density at radius 1 is 1.24 bits per heavy atom. The highest BCUT2D eigenvalue weighted by Gasteiger charge is 2.32. The molecule has 0 fully saturated rings. The van der Waals surface area contributed by atoms with E-state index in [9.17, 15) is 9.18 Å². The van der Waals surface area contributed by atoms with Crippen LogP contribution in [0.1, 0.15) is 19.4 Å². The number of rotatable bonds is 4. The Bertz CT molecular complexity index is 950. The van der Waals surface area contributed by atoms with Gasteiger partial charge in [0.15, 0.2) is 0 Å². The van der Waals surface area contributed by atoms with Gasteiger partial charge < -0.3 is 15.0 Å². The van der Waals surface area contributed by atoms with E-state index in [1.807, 2.05) is 13.8 Å². The summed E-state index contributed by atoms with van der Waals surface area (Å²) in [6.07, 6.45) is 1.74. The zero-order chi connectivity index (χ0) is 18.2. The van der Waals surface area contributed by atoms with Crippen LogP contribution in [0.15, 0.2) is 42.6 Å². The Morgan fingerprint density at radius 2 is 2.00 bits per heavy atom. The van der Waals surface area contributed by atoms with Gasteiger partial charge >= 0.3 is 0 Å². The smallest absolute Gasteiger partial charge is 0.234 e. The first kappa shape index (κ1) is 17.3. The molecule has 0 unspecified atom stereocenters. The molecule has 3 rings (SSSR count). The molecule has 0 aliphatic rings. The molecule has 130 valence electrons. The second-order valence-electron chi connectivity index (χ2n) is 6.32. The fraction of sp³-hybridized carbons (Fsp3) is 0.211. The van der Waals surface area contributed by atoms with E-state index in [2.05, 4.69) is 10.3 Å². The summed E-state index contributed by atoms with van der Waals surface area (Å²) in [5, 5.41) is 4.17. The van der Waals surface area contributed by atoms with Gasteiger partial charge in [0.1, 0.15) is 11.6 Å². The summed E-state index contributed by atoms with van der Waals surface area (Å²) in [5.74, 6) is -0.0281. The topological polar surface area (TPSA) is 54.1 Å². The van der Waals surface area contributed by atoms with E-state index < -0.39 is 5.41 Å². The van der Waals surface area contributed by atoms with Crippen LogP contribution >= 0.6 is 11.6 Å². The van der Waals surface area contributed by atoms with Gasteiger partial charge in [-0.2, -0.15) is 0 Å². The van der Waals surface area contributed by atoms with Crippen LogP contribution in [0.2, 0.25) is 5.02 Å². The molecule has 1 aromatic heterocycles. The minimum Gasteiger partial charge on any atom is -0.495 e. The van der Waals surface area contributed by atoms with Crippen LogP contribution in [0.25, 0.3) is 10.9 Å². The van der Waals surface area contributed by atoms with Crippen molar-refractivity contribution in [1.82, 2.24) is 4.98 Å². The molecule has 25 heavy (non-hydrogen) atoms. The van der Waals surface area contributed by atoms with Crippen molar-refractivity contribution in [2.24, 2.45) is 0 Å². The van der Waals surface area contributed by atoms with Gasteiger partial charge in [0, 0.05) is 22.1 Å². The zero-order valence-electron chi connectivity index (χ0n) is 14.1. The van der Waals surface area contributed by atoms with Gasteiger partial charge in [0.05, 0.1) is 18.2 Å². The second kappa shape index (κ2) is 6.41. The second-order valence-corrected chi connectivity index (χ2v) is 6.75. The fourth-order valence-corrected chi connectivity index (χ4v) is 2.97. The molecule has 3 aromatic rings. The Kier molecular flexibility index (Phi) is 4.43. The van der Waals surface area contributed by atoms with Crippen molar-refractivity contribution in [1.29, 1.82) is 0 Å². The number of carbonyl (C=O) groups excluding carboxylic acids is 1. The Labute approximate surface area is 149 Å². The predicted octanol–water partition coefficient (Wildman–Crippen LogP) is 4.89. The average Bonchev–Trinajstić information content (AvgIpc) is 2.98. The van der Waals surface area contributed by atoms with Crippen LogP contribution in [0, 0.1) is 5.82 Å². The Balaban J connectivity index is 1.96. The van der Waals surface area contributed by atoms with Gasteiger partial charge in [-0.05, 0) is 55.8 Å². The lowest BCUT2D eigenvalue weighted by atomic mass is 9.83. The number of anilines is 1. The number of ether oxygens (including phenoxy) is 1. The summed E-state index contributed by atoms with van der Waals surface area (Å²) in [5.41, 5.74) is 1.07. The van der Waals surface area contributed by atoms with Crippen molar-refractivity contribution in [3.8, 4) is 5.75 Å². The summed E-state index contributed by atoms with van der Waals surface area (Å²) in [7, 11) is 1.53. The van der Waals surface area contributed by atoms with Crippen LogP contribution in [0.4, 0.5) is 10.1 Å². The van der Waals surface area contributed by atoms with Gasteiger partial charge in [0.25, 0.3) is 0 Å². The minimum absolute atomic E-state index is 0.224. The first-order valence-electron chi connectivity index (χ1n) is 7.75. The Hall–Kier alpha value is -2.53. The van der Waals surface area contributed by atoms with Crippen LogP contribution in [-0.4, -0.2) is 18.0 Å². The predicted molar refractivity (Wildman–Crippen MR) is 97.9 cm³/mol. The number of halogens is 2. The summed E-state index contributed by atoms with van der Waals surface area (Å²) in [6.45, 7) is 3.62. The van der Waals surface area contributed by atoms with Crippen molar-refractivity contribution in [3.63, 3.8) is 0 Å². The van der Waals surface area contributed by atoms with E-state index in [4.69, 9.17) is 16.3 Å². The van der Waals surface area contributed by atoms with Gasteiger partial charge in [-0.25, -0.2) is 4.39 Å². The van der Waals surface area contributed by atoms with Gasteiger partial charge in [-0.1, -0.05) is 11.6 Å². The lowest BCUT2D eigenvalue weighted by molar-refractivity contribution is -0.120. The van der Waals surface area contributed by atoms with Gasteiger partial charge in [-0.15, -0.1) is 0 Å². The molecule has 1 amide bonds. The molecule has 0 radical (unpaired) electrons. The third-order valence-electron chi connectivity index (χ3n) is 4.29. The van der Waals surface area contributed by atoms with E-state index in [-0.39, 0.29) is 11.7 Å². The minimum atomic E-state index is -0.858. The van der Waals surface area contributed by atoms with Crippen LogP contribution < -0.4 is 10.1 Å². The van der Waals surface area contributed by atoms with Gasteiger partial charge in [0.2, 0.25) is 5.91 Å². The first-order chi connectivity index (χ1) is 11.8. The maximum atomic E-state index is 13.4. The standard InChI is InChI=1S/C19H18ClFN2O2/c1-19(2,14-10-22-15-9-12(21)5-6-13(14)15)18(24)23-16-8-11(20)4-7-17(16)25-3/h4-10,22H,1-3H3,(H,23,24). The lowest BCUT2D eigenvalue weighted by Crippen LogP contribution is -2.34. The maximum Gasteiger partial charge on any atom is 0.234 e. The summed E-state index contributed by atoms with van der Waals surface area (Å²) >= 11 is 6.02. The number of methoxy groups -OCH3 is 1. The molecule has 0 saturated carbocycles. The van der Waals surface area contributed by atoms with Crippen LogP contribution in [0.5, 0.6) is 5.75 Å². The number of benzene rings is 2. The molecule has 1 heterocycles. The highest BCUT2D eigenvalue weighted by Crippen LogP contribution is 2.34. The number of hydrogen-bond donors (Lipinski definition) is 2. The largest absolute Gasteiger partial charge is 0.495 e. The number of aromatic nitrogens is 1. The number of aromatic amines is 1. The van der Waals surface area contributed by atoms with Crippen LogP contribution in [-0.2, 0) is 10.2 Å². The number of nitrogens with one attached hydrogen (secondary N) is 2. The van der Waals surface area contributed by atoms with E-state index in [1.165, 1.54) is 19.2 Å². The Morgan fingerprint density at radius 3 is 2.72 bits per heavy atom. The normalized spacial score (nSPS) is 11.6. The maximum absolute atomic E-state index is 13.4. The molecule has 2 aromatic carbocycles. The van der Waals surface area contributed by atoms with E-state index in [1.54, 1.807) is 30.5 Å². The van der Waals surface area contributed by atoms with E-state index in [0.717, 1.165) is 10.9 Å². The van der Waals surface area contributed by atoms with Crippen molar-refractivity contribution >= 4 is 34.1 Å². The molecule has 0 saturated heterocycles.